The molecule has 0 amide bonds. The summed E-state index contributed by atoms with van der Waals surface area (Å²) in [5.74, 6) is 3.67. The van der Waals surface area contributed by atoms with Crippen LogP contribution in [0.1, 0.15) is 23.2 Å². The minimum atomic E-state index is 0.0548. The zero-order chi connectivity index (χ0) is 14.4. The molecule has 0 unspecified atom stereocenters. The lowest BCUT2D eigenvalue weighted by molar-refractivity contribution is 0.0992. The van der Waals surface area contributed by atoms with Crippen molar-refractivity contribution in [3.63, 3.8) is 0 Å². The number of carbonyl (C=O) groups excluding carboxylic acids is 1. The van der Waals surface area contributed by atoms with Gasteiger partial charge in [0, 0.05) is 5.56 Å². The first-order valence-corrected chi connectivity index (χ1v) is 8.00. The Morgan fingerprint density at radius 3 is 2.75 bits per heavy atom. The first-order valence-electron chi connectivity index (χ1n) is 6.85. The Hall–Kier alpha value is -1.20. The average molecular weight is 295 g/mol. The number of benzene rings is 1. The Bertz CT molecular complexity index is 458. The fourth-order valence-electron chi connectivity index (χ4n) is 2.18. The Morgan fingerprint density at radius 1 is 1.35 bits per heavy atom. The van der Waals surface area contributed by atoms with Crippen LogP contribution in [0.3, 0.4) is 0 Å². The molecule has 0 bridgehead atoms. The minimum Gasteiger partial charge on any atom is -0.493 e. The Kier molecular flexibility index (Phi) is 5.73. The second kappa shape index (κ2) is 7.55. The van der Waals surface area contributed by atoms with Crippen LogP contribution < -0.4 is 14.8 Å². The van der Waals surface area contributed by atoms with Crippen LogP contribution in [0.2, 0.25) is 0 Å². The molecule has 110 valence electrons. The van der Waals surface area contributed by atoms with Gasteiger partial charge < -0.3 is 14.8 Å². The Balaban J connectivity index is 2.15. The predicted molar refractivity (Wildman–Crippen MR) is 82.2 cm³/mol. The first-order chi connectivity index (χ1) is 9.74. The lowest BCUT2D eigenvalue weighted by Gasteiger charge is -2.24. The van der Waals surface area contributed by atoms with Gasteiger partial charge in [-0.15, -0.1) is 0 Å². The Morgan fingerprint density at radius 2 is 2.10 bits per heavy atom. The first kappa shape index (κ1) is 15.2. The molecule has 2 rings (SSSR count). The number of Topliss-reactive ketones (excluding diaryl/α,β-unsaturated/α-hetero) is 1. The molecule has 1 aromatic rings. The smallest absolute Gasteiger partial charge is 0.176 e. The lowest BCUT2D eigenvalue weighted by atomic mass is 10.1. The molecule has 0 spiro atoms. The Labute approximate surface area is 124 Å². The summed E-state index contributed by atoms with van der Waals surface area (Å²) in [6.45, 7) is 0.325. The van der Waals surface area contributed by atoms with E-state index in [9.17, 15) is 4.79 Å². The maximum atomic E-state index is 11.9. The standard InChI is InChI=1S/C15H21NO3S/c1-16-10-13(17)11-3-4-14(18-2)15(9-11)19-12-5-7-20-8-6-12/h3-4,9,12,16H,5-8,10H2,1-2H3. The third kappa shape index (κ3) is 3.90. The number of hydrogen-bond acceptors (Lipinski definition) is 5. The van der Waals surface area contributed by atoms with Gasteiger partial charge in [-0.2, -0.15) is 11.8 Å². The number of hydrogen-bond donors (Lipinski definition) is 1. The predicted octanol–water partition coefficient (Wildman–Crippen LogP) is 2.37. The number of methoxy groups -OCH3 is 1. The zero-order valence-corrected chi connectivity index (χ0v) is 12.8. The van der Waals surface area contributed by atoms with E-state index in [1.54, 1.807) is 32.4 Å². The second-order valence-corrected chi connectivity index (χ2v) is 5.97. The van der Waals surface area contributed by atoms with E-state index in [1.165, 1.54) is 0 Å². The molecule has 0 radical (unpaired) electrons. The molecule has 1 aliphatic rings. The van der Waals surface area contributed by atoms with E-state index < -0.39 is 0 Å². The van der Waals surface area contributed by atoms with Crippen LogP contribution in [-0.4, -0.2) is 44.1 Å². The third-order valence-corrected chi connectivity index (χ3v) is 4.33. The molecule has 5 heteroatoms. The summed E-state index contributed by atoms with van der Waals surface area (Å²) in [5, 5.41) is 2.87. The third-order valence-electron chi connectivity index (χ3n) is 3.28. The van der Waals surface area contributed by atoms with Crippen molar-refractivity contribution in [2.45, 2.75) is 18.9 Å². The van der Waals surface area contributed by atoms with Gasteiger partial charge in [-0.25, -0.2) is 0 Å². The fourth-order valence-corrected chi connectivity index (χ4v) is 3.24. The number of carbonyl (C=O) groups is 1. The van der Waals surface area contributed by atoms with Crippen LogP contribution >= 0.6 is 11.8 Å². The van der Waals surface area contributed by atoms with Gasteiger partial charge in [0.2, 0.25) is 0 Å². The van der Waals surface area contributed by atoms with Crippen LogP contribution in [0.15, 0.2) is 18.2 Å². The largest absolute Gasteiger partial charge is 0.493 e. The topological polar surface area (TPSA) is 47.6 Å². The number of ether oxygens (including phenoxy) is 2. The molecular weight excluding hydrogens is 274 g/mol. The maximum Gasteiger partial charge on any atom is 0.176 e. The van der Waals surface area contributed by atoms with Crippen molar-refractivity contribution in [1.29, 1.82) is 0 Å². The highest BCUT2D eigenvalue weighted by atomic mass is 32.2. The van der Waals surface area contributed by atoms with E-state index in [1.807, 2.05) is 11.8 Å². The van der Waals surface area contributed by atoms with Crippen molar-refractivity contribution in [2.24, 2.45) is 0 Å². The molecule has 0 aliphatic carbocycles. The number of thioether (sulfide) groups is 1. The van der Waals surface area contributed by atoms with Crippen LogP contribution in [0.5, 0.6) is 11.5 Å². The van der Waals surface area contributed by atoms with E-state index >= 15 is 0 Å². The SMILES string of the molecule is CNCC(=O)c1ccc(OC)c(OC2CCSCC2)c1. The molecule has 4 nitrogen and oxygen atoms in total. The average Bonchev–Trinajstić information content (AvgIpc) is 2.48. The summed E-state index contributed by atoms with van der Waals surface area (Å²) in [6.07, 6.45) is 2.31. The van der Waals surface area contributed by atoms with Gasteiger partial charge in [0.1, 0.15) is 6.10 Å². The molecule has 1 aromatic carbocycles. The quantitative estimate of drug-likeness (QED) is 0.817. The summed E-state index contributed by atoms with van der Waals surface area (Å²) in [6, 6.07) is 5.37. The monoisotopic (exact) mass is 295 g/mol. The van der Waals surface area contributed by atoms with Crippen LogP contribution in [-0.2, 0) is 0 Å². The van der Waals surface area contributed by atoms with Gasteiger partial charge in [0.05, 0.1) is 13.7 Å². The van der Waals surface area contributed by atoms with Crippen molar-refractivity contribution < 1.29 is 14.3 Å². The van der Waals surface area contributed by atoms with E-state index in [-0.39, 0.29) is 11.9 Å². The summed E-state index contributed by atoms with van der Waals surface area (Å²) < 4.78 is 11.4. The minimum absolute atomic E-state index is 0.0548. The molecule has 0 atom stereocenters. The summed E-state index contributed by atoms with van der Waals surface area (Å²) >= 11 is 1.96. The summed E-state index contributed by atoms with van der Waals surface area (Å²) in [5.41, 5.74) is 0.653. The normalized spacial score (nSPS) is 15.9. The van der Waals surface area contributed by atoms with E-state index in [4.69, 9.17) is 9.47 Å². The molecule has 0 saturated carbocycles. The van der Waals surface area contributed by atoms with Gasteiger partial charge in [-0.05, 0) is 49.6 Å². The highest BCUT2D eigenvalue weighted by Crippen LogP contribution is 2.31. The molecule has 1 aliphatic heterocycles. The van der Waals surface area contributed by atoms with Gasteiger partial charge in [0.15, 0.2) is 17.3 Å². The fraction of sp³-hybridized carbons (Fsp3) is 0.533. The number of nitrogens with one attached hydrogen (secondary N) is 1. The molecule has 0 aromatic heterocycles. The molecule has 1 fully saturated rings. The second-order valence-electron chi connectivity index (χ2n) is 4.75. The van der Waals surface area contributed by atoms with Crippen molar-refractivity contribution >= 4 is 17.5 Å². The van der Waals surface area contributed by atoms with Gasteiger partial charge in [0.25, 0.3) is 0 Å². The molecule has 20 heavy (non-hydrogen) atoms. The molecule has 1 saturated heterocycles. The van der Waals surface area contributed by atoms with Gasteiger partial charge >= 0.3 is 0 Å². The zero-order valence-electron chi connectivity index (χ0n) is 12.0. The van der Waals surface area contributed by atoms with Crippen molar-refractivity contribution in [3.05, 3.63) is 23.8 Å². The van der Waals surface area contributed by atoms with Crippen molar-refractivity contribution in [2.75, 3.05) is 32.2 Å². The van der Waals surface area contributed by atoms with E-state index in [0.717, 1.165) is 24.3 Å². The van der Waals surface area contributed by atoms with Gasteiger partial charge in [-0.1, -0.05) is 0 Å². The highest BCUT2D eigenvalue weighted by Gasteiger charge is 2.18. The van der Waals surface area contributed by atoms with E-state index in [0.29, 0.717) is 23.6 Å². The van der Waals surface area contributed by atoms with E-state index in [2.05, 4.69) is 5.32 Å². The number of rotatable bonds is 6. The highest BCUT2D eigenvalue weighted by molar-refractivity contribution is 7.99. The lowest BCUT2D eigenvalue weighted by Crippen LogP contribution is -2.23. The van der Waals surface area contributed by atoms with Crippen LogP contribution in [0, 0.1) is 0 Å². The van der Waals surface area contributed by atoms with Crippen molar-refractivity contribution in [3.8, 4) is 11.5 Å². The van der Waals surface area contributed by atoms with Crippen molar-refractivity contribution in [1.82, 2.24) is 5.32 Å². The maximum absolute atomic E-state index is 11.9. The van der Waals surface area contributed by atoms with Crippen LogP contribution in [0.4, 0.5) is 0 Å². The molecule has 1 N–H and O–H groups in total. The molecular formula is C15H21NO3S. The molecule has 1 heterocycles. The van der Waals surface area contributed by atoms with Crippen LogP contribution in [0.25, 0.3) is 0 Å². The van der Waals surface area contributed by atoms with Gasteiger partial charge in [-0.3, -0.25) is 4.79 Å². The summed E-state index contributed by atoms with van der Waals surface area (Å²) in [4.78, 5) is 11.9. The number of likely N-dealkylation sites (N-methyl/N-ethyl adjacent to an activating group) is 1. The summed E-state index contributed by atoms with van der Waals surface area (Å²) in [7, 11) is 3.38. The number of ketones is 1.